The summed E-state index contributed by atoms with van der Waals surface area (Å²) in [6.45, 7) is 4.53. The quantitative estimate of drug-likeness (QED) is 0.199. The molecule has 1 aliphatic rings. The fraction of sp³-hybridized carbons (Fsp3) is 0.486. The van der Waals surface area contributed by atoms with Crippen molar-refractivity contribution >= 4 is 10.8 Å². The summed E-state index contributed by atoms with van der Waals surface area (Å²) in [5, 5.41) is 1.67. The smallest absolute Gasteiger partial charge is 0.146 e. The molecule has 0 N–H and O–H groups in total. The van der Waals surface area contributed by atoms with Crippen molar-refractivity contribution in [3.8, 4) is 11.8 Å². The molecule has 0 aromatic heterocycles. The van der Waals surface area contributed by atoms with Crippen LogP contribution in [0.25, 0.3) is 10.8 Å². The van der Waals surface area contributed by atoms with Crippen molar-refractivity contribution in [1.29, 1.82) is 0 Å². The van der Waals surface area contributed by atoms with Gasteiger partial charge in [0.2, 0.25) is 0 Å². The molecule has 0 heterocycles. The Morgan fingerprint density at radius 3 is 2.25 bits per heavy atom. The molecule has 0 spiro atoms. The van der Waals surface area contributed by atoms with Gasteiger partial charge in [0.25, 0.3) is 0 Å². The fourth-order valence-corrected chi connectivity index (χ4v) is 5.77. The van der Waals surface area contributed by atoms with Gasteiger partial charge in [0.1, 0.15) is 5.82 Å². The van der Waals surface area contributed by atoms with E-state index in [0.29, 0.717) is 16.9 Å². The third-order valence-corrected chi connectivity index (χ3v) is 8.13. The molecule has 0 radical (unpaired) electrons. The SMILES string of the molecule is CCCCCCCc1ccc(C#Cc2ccc3cc(C4CCC(CCCC)CC4)ccc3c2F)cc1. The number of rotatable bonds is 10. The zero-order valence-corrected chi connectivity index (χ0v) is 22.4. The summed E-state index contributed by atoms with van der Waals surface area (Å²) in [6.07, 6.45) is 16.9. The number of hydrogen-bond acceptors (Lipinski definition) is 0. The standard InChI is InChI=1S/C35H43F/c1-3-5-7-8-9-11-28-12-14-29(15-13-28)18-21-31-22-23-33-26-32(24-25-34(33)35(31)36)30-19-16-27(17-20-30)10-6-4-2/h12-15,22-27,30H,3-11,16-17,19-20H2,1-2H3. The number of hydrogen-bond donors (Lipinski definition) is 0. The van der Waals surface area contributed by atoms with E-state index in [4.69, 9.17) is 0 Å². The number of aryl methyl sites for hydroxylation is 1. The molecule has 0 amide bonds. The Morgan fingerprint density at radius 2 is 1.50 bits per heavy atom. The third-order valence-electron chi connectivity index (χ3n) is 8.13. The molecule has 4 rings (SSSR count). The molecule has 0 bridgehead atoms. The molecule has 0 nitrogen and oxygen atoms in total. The van der Waals surface area contributed by atoms with E-state index in [1.165, 1.54) is 88.2 Å². The van der Waals surface area contributed by atoms with Crippen molar-refractivity contribution in [2.45, 2.75) is 103 Å². The van der Waals surface area contributed by atoms with Crippen molar-refractivity contribution in [3.05, 3.63) is 82.7 Å². The lowest BCUT2D eigenvalue weighted by atomic mass is 9.77. The van der Waals surface area contributed by atoms with E-state index in [-0.39, 0.29) is 5.82 Å². The van der Waals surface area contributed by atoms with Crippen molar-refractivity contribution in [2.75, 3.05) is 0 Å². The topological polar surface area (TPSA) is 0 Å². The molecule has 0 unspecified atom stereocenters. The van der Waals surface area contributed by atoms with Crippen LogP contribution in [0.4, 0.5) is 4.39 Å². The van der Waals surface area contributed by atoms with Crippen LogP contribution in [0.15, 0.2) is 54.6 Å². The zero-order valence-electron chi connectivity index (χ0n) is 22.4. The predicted molar refractivity (Wildman–Crippen MR) is 153 cm³/mol. The maximum absolute atomic E-state index is 15.3. The van der Waals surface area contributed by atoms with Crippen molar-refractivity contribution in [1.82, 2.24) is 0 Å². The largest absolute Gasteiger partial charge is 0.205 e. The van der Waals surface area contributed by atoms with E-state index >= 15 is 4.39 Å². The minimum absolute atomic E-state index is 0.196. The highest BCUT2D eigenvalue weighted by Gasteiger charge is 2.22. The molecule has 36 heavy (non-hydrogen) atoms. The molecule has 3 aromatic rings. The average molecular weight is 483 g/mol. The van der Waals surface area contributed by atoms with E-state index in [1.54, 1.807) is 0 Å². The molecule has 3 aromatic carbocycles. The van der Waals surface area contributed by atoms with Crippen LogP contribution in [0.2, 0.25) is 0 Å². The zero-order chi connectivity index (χ0) is 25.2. The van der Waals surface area contributed by atoms with Crippen LogP contribution in [0.1, 0.15) is 119 Å². The van der Waals surface area contributed by atoms with Crippen LogP contribution in [-0.4, -0.2) is 0 Å². The summed E-state index contributed by atoms with van der Waals surface area (Å²) in [5.41, 5.74) is 4.15. The molecule has 1 aliphatic carbocycles. The Kier molecular flexibility index (Phi) is 10.0. The van der Waals surface area contributed by atoms with Crippen molar-refractivity contribution < 1.29 is 4.39 Å². The monoisotopic (exact) mass is 482 g/mol. The van der Waals surface area contributed by atoms with E-state index < -0.39 is 0 Å². The maximum Gasteiger partial charge on any atom is 0.146 e. The first-order valence-corrected chi connectivity index (χ1v) is 14.5. The highest BCUT2D eigenvalue weighted by molar-refractivity contribution is 5.85. The van der Waals surface area contributed by atoms with Crippen LogP contribution in [0.3, 0.4) is 0 Å². The van der Waals surface area contributed by atoms with E-state index in [1.807, 2.05) is 18.2 Å². The normalized spacial score (nSPS) is 17.6. The van der Waals surface area contributed by atoms with Gasteiger partial charge in [-0.15, -0.1) is 0 Å². The minimum atomic E-state index is -0.196. The highest BCUT2D eigenvalue weighted by Crippen LogP contribution is 2.38. The van der Waals surface area contributed by atoms with Gasteiger partial charge in [0, 0.05) is 10.9 Å². The van der Waals surface area contributed by atoms with Crippen LogP contribution in [-0.2, 0) is 6.42 Å². The molecular weight excluding hydrogens is 439 g/mol. The summed E-state index contributed by atoms with van der Waals surface area (Å²) < 4.78 is 15.3. The Balaban J connectivity index is 1.38. The number of halogens is 1. The Morgan fingerprint density at radius 1 is 0.750 bits per heavy atom. The van der Waals surface area contributed by atoms with Crippen molar-refractivity contribution in [2.24, 2.45) is 5.92 Å². The molecule has 0 saturated heterocycles. The van der Waals surface area contributed by atoms with Gasteiger partial charge in [-0.2, -0.15) is 0 Å². The number of benzene rings is 3. The van der Waals surface area contributed by atoms with Gasteiger partial charge in [-0.3, -0.25) is 0 Å². The molecule has 190 valence electrons. The minimum Gasteiger partial charge on any atom is -0.205 e. The second kappa shape index (κ2) is 13.6. The van der Waals surface area contributed by atoms with Crippen LogP contribution >= 0.6 is 0 Å². The lowest BCUT2D eigenvalue weighted by molar-refractivity contribution is 0.304. The second-order valence-corrected chi connectivity index (χ2v) is 10.9. The summed E-state index contributed by atoms with van der Waals surface area (Å²) in [4.78, 5) is 0. The predicted octanol–water partition coefficient (Wildman–Crippen LogP) is 10.4. The third kappa shape index (κ3) is 7.22. The maximum atomic E-state index is 15.3. The first-order valence-electron chi connectivity index (χ1n) is 14.5. The lowest BCUT2D eigenvalue weighted by Crippen LogP contribution is -2.13. The summed E-state index contributed by atoms with van der Waals surface area (Å²) in [5.74, 6) is 7.58. The molecule has 1 saturated carbocycles. The van der Waals surface area contributed by atoms with Crippen LogP contribution < -0.4 is 0 Å². The van der Waals surface area contributed by atoms with E-state index in [2.05, 4.69) is 62.1 Å². The fourth-order valence-electron chi connectivity index (χ4n) is 5.77. The van der Waals surface area contributed by atoms with Gasteiger partial charge in [-0.1, -0.05) is 107 Å². The molecular formula is C35H43F. The first-order chi connectivity index (χ1) is 17.7. The highest BCUT2D eigenvalue weighted by atomic mass is 19.1. The van der Waals surface area contributed by atoms with Crippen LogP contribution in [0.5, 0.6) is 0 Å². The van der Waals surface area contributed by atoms with Crippen LogP contribution in [0, 0.1) is 23.6 Å². The van der Waals surface area contributed by atoms with Gasteiger partial charge in [-0.25, -0.2) is 4.39 Å². The number of fused-ring (bicyclic) bond motifs is 1. The van der Waals surface area contributed by atoms with Gasteiger partial charge < -0.3 is 0 Å². The number of unbranched alkanes of at least 4 members (excludes halogenated alkanes) is 5. The van der Waals surface area contributed by atoms with Gasteiger partial charge in [0.15, 0.2) is 0 Å². The van der Waals surface area contributed by atoms with E-state index in [0.717, 1.165) is 23.3 Å². The molecule has 0 atom stereocenters. The Hall–Kier alpha value is -2.59. The average Bonchev–Trinajstić information content (AvgIpc) is 2.92. The summed E-state index contributed by atoms with van der Waals surface area (Å²) >= 11 is 0. The van der Waals surface area contributed by atoms with Gasteiger partial charge >= 0.3 is 0 Å². The molecule has 1 fully saturated rings. The Labute approximate surface area is 218 Å². The molecule has 1 heteroatoms. The summed E-state index contributed by atoms with van der Waals surface area (Å²) in [6, 6.07) is 18.7. The summed E-state index contributed by atoms with van der Waals surface area (Å²) in [7, 11) is 0. The van der Waals surface area contributed by atoms with Gasteiger partial charge in [0.05, 0.1) is 5.56 Å². The first kappa shape index (κ1) is 26.5. The van der Waals surface area contributed by atoms with Gasteiger partial charge in [-0.05, 0) is 85.1 Å². The lowest BCUT2D eigenvalue weighted by Gasteiger charge is -2.29. The van der Waals surface area contributed by atoms with E-state index in [9.17, 15) is 0 Å². The second-order valence-electron chi connectivity index (χ2n) is 10.9. The molecule has 0 aliphatic heterocycles. The Bertz CT molecular complexity index is 1150. The van der Waals surface area contributed by atoms with Crippen molar-refractivity contribution in [3.63, 3.8) is 0 Å².